The van der Waals surface area contributed by atoms with E-state index in [1.54, 1.807) is 56.3 Å². The molecule has 0 aromatic heterocycles. The van der Waals surface area contributed by atoms with Crippen LogP contribution < -0.4 is 15.4 Å². The second-order valence-electron chi connectivity index (χ2n) is 7.06. The normalized spacial score (nSPS) is 13.9. The number of hydrogen-bond acceptors (Lipinski definition) is 5. The summed E-state index contributed by atoms with van der Waals surface area (Å²) in [6, 6.07) is 11.5. The van der Waals surface area contributed by atoms with Gasteiger partial charge in [0.15, 0.2) is 0 Å². The number of anilines is 2. The summed E-state index contributed by atoms with van der Waals surface area (Å²) in [5.74, 6) is -0.492. The van der Waals surface area contributed by atoms with Crippen LogP contribution in [0.2, 0.25) is 5.02 Å². The fourth-order valence-corrected chi connectivity index (χ4v) is 3.47. The van der Waals surface area contributed by atoms with Crippen molar-refractivity contribution in [3.63, 3.8) is 0 Å². The zero-order valence-electron chi connectivity index (χ0n) is 17.1. The predicted octanol–water partition coefficient (Wildman–Crippen LogP) is 3.91. The molecule has 0 unspecified atom stereocenters. The Bertz CT molecular complexity index is 1040. The molecule has 3 rings (SSSR count). The van der Waals surface area contributed by atoms with E-state index in [0.29, 0.717) is 27.7 Å². The number of rotatable bonds is 6. The number of carbonyl (C=O) groups excluding carboxylic acids is 3. The van der Waals surface area contributed by atoms with Crippen LogP contribution >= 0.6 is 11.6 Å². The molecule has 7 nitrogen and oxygen atoms in total. The van der Waals surface area contributed by atoms with E-state index in [1.165, 1.54) is 18.9 Å². The summed E-state index contributed by atoms with van der Waals surface area (Å²) >= 11 is 6.19. The Hall–Kier alpha value is -3.32. The minimum atomic E-state index is -0.414. The van der Waals surface area contributed by atoms with Gasteiger partial charge in [0.25, 0.3) is 11.8 Å². The van der Waals surface area contributed by atoms with Gasteiger partial charge in [0.1, 0.15) is 11.4 Å². The molecule has 2 aromatic rings. The summed E-state index contributed by atoms with van der Waals surface area (Å²) in [5.41, 5.74) is 2.14. The molecule has 0 bridgehead atoms. The Morgan fingerprint density at radius 2 is 1.67 bits per heavy atom. The Kier molecular flexibility index (Phi) is 6.12. The minimum Gasteiger partial charge on any atom is -0.495 e. The van der Waals surface area contributed by atoms with Gasteiger partial charge in [-0.05, 0) is 49.7 Å². The van der Waals surface area contributed by atoms with E-state index in [-0.39, 0.29) is 29.1 Å². The predicted molar refractivity (Wildman–Crippen MR) is 116 cm³/mol. The molecule has 0 spiro atoms. The van der Waals surface area contributed by atoms with Crippen LogP contribution in [0, 0.1) is 0 Å². The molecule has 0 aliphatic carbocycles. The van der Waals surface area contributed by atoms with E-state index in [2.05, 4.69) is 10.6 Å². The van der Waals surface area contributed by atoms with Gasteiger partial charge >= 0.3 is 0 Å². The molecular weight excluding hydrogens is 406 g/mol. The molecule has 30 heavy (non-hydrogen) atoms. The second-order valence-corrected chi connectivity index (χ2v) is 7.46. The fraction of sp³-hybridized carbons (Fsp3) is 0.227. The first kappa shape index (κ1) is 21.4. The van der Waals surface area contributed by atoms with Crippen molar-refractivity contribution in [2.75, 3.05) is 17.7 Å². The van der Waals surface area contributed by atoms with Gasteiger partial charge in [-0.3, -0.25) is 19.3 Å². The Morgan fingerprint density at radius 3 is 2.20 bits per heavy atom. The molecule has 0 saturated carbocycles. The van der Waals surface area contributed by atoms with Crippen LogP contribution in [0.5, 0.6) is 5.75 Å². The lowest BCUT2D eigenvalue weighted by Crippen LogP contribution is -2.38. The number of benzene rings is 2. The maximum absolute atomic E-state index is 13.1. The number of methoxy groups -OCH3 is 1. The lowest BCUT2D eigenvalue weighted by atomic mass is 10.0. The molecule has 0 radical (unpaired) electrons. The highest BCUT2D eigenvalue weighted by Crippen LogP contribution is 2.34. The van der Waals surface area contributed by atoms with E-state index < -0.39 is 5.91 Å². The van der Waals surface area contributed by atoms with E-state index >= 15 is 0 Å². The molecule has 0 atom stereocenters. The Balaban J connectivity index is 2.04. The van der Waals surface area contributed by atoms with Crippen molar-refractivity contribution < 1.29 is 19.1 Å². The fourth-order valence-electron chi connectivity index (χ4n) is 3.21. The van der Waals surface area contributed by atoms with Gasteiger partial charge < -0.3 is 15.4 Å². The van der Waals surface area contributed by atoms with Crippen molar-refractivity contribution in [3.8, 4) is 5.75 Å². The summed E-state index contributed by atoms with van der Waals surface area (Å²) in [4.78, 5) is 38.6. The third-order valence-corrected chi connectivity index (χ3v) is 4.84. The van der Waals surface area contributed by atoms with Crippen LogP contribution in [0.25, 0.3) is 5.57 Å². The van der Waals surface area contributed by atoms with Crippen molar-refractivity contribution in [1.82, 2.24) is 4.90 Å². The SMILES string of the molecule is COc1ccc(NC2=C(c3ccc(NC(C)=O)cc3)C(=O)N(C(C)C)C2=O)cc1Cl. The molecule has 0 saturated heterocycles. The van der Waals surface area contributed by atoms with Crippen molar-refractivity contribution in [1.29, 1.82) is 0 Å². The lowest BCUT2D eigenvalue weighted by Gasteiger charge is -2.19. The molecule has 3 amide bonds. The number of imide groups is 1. The van der Waals surface area contributed by atoms with Gasteiger partial charge in [0.2, 0.25) is 5.91 Å². The van der Waals surface area contributed by atoms with E-state index in [1.807, 2.05) is 0 Å². The summed E-state index contributed by atoms with van der Waals surface area (Å²) in [6.07, 6.45) is 0. The van der Waals surface area contributed by atoms with Crippen LogP contribution in [0.4, 0.5) is 11.4 Å². The van der Waals surface area contributed by atoms with E-state index in [4.69, 9.17) is 16.3 Å². The number of nitrogens with zero attached hydrogens (tertiary/aromatic N) is 1. The molecular formula is C22H22ClN3O4. The maximum atomic E-state index is 13.1. The van der Waals surface area contributed by atoms with Gasteiger partial charge in [0.05, 0.1) is 17.7 Å². The van der Waals surface area contributed by atoms with Gasteiger partial charge in [0, 0.05) is 24.3 Å². The smallest absolute Gasteiger partial charge is 0.278 e. The zero-order valence-corrected chi connectivity index (χ0v) is 17.8. The Morgan fingerprint density at radius 1 is 1.03 bits per heavy atom. The highest BCUT2D eigenvalue weighted by Gasteiger charge is 2.40. The average Bonchev–Trinajstić information content (AvgIpc) is 2.92. The van der Waals surface area contributed by atoms with Crippen LogP contribution in [0.3, 0.4) is 0 Å². The van der Waals surface area contributed by atoms with Gasteiger partial charge in [-0.2, -0.15) is 0 Å². The van der Waals surface area contributed by atoms with Crippen LogP contribution in [0.1, 0.15) is 26.3 Å². The summed E-state index contributed by atoms with van der Waals surface area (Å²) < 4.78 is 5.15. The van der Waals surface area contributed by atoms with Gasteiger partial charge in [-0.15, -0.1) is 0 Å². The highest BCUT2D eigenvalue weighted by molar-refractivity contribution is 6.37. The zero-order chi connectivity index (χ0) is 22.0. The highest BCUT2D eigenvalue weighted by atomic mass is 35.5. The van der Waals surface area contributed by atoms with E-state index in [9.17, 15) is 14.4 Å². The molecule has 2 aromatic carbocycles. The molecule has 156 valence electrons. The molecule has 1 aliphatic heterocycles. The molecule has 0 fully saturated rings. The quantitative estimate of drug-likeness (QED) is 0.682. The summed E-state index contributed by atoms with van der Waals surface area (Å²) in [7, 11) is 1.51. The van der Waals surface area contributed by atoms with Gasteiger partial charge in [-0.25, -0.2) is 0 Å². The van der Waals surface area contributed by atoms with E-state index in [0.717, 1.165) is 0 Å². The number of ether oxygens (including phenoxy) is 1. The Labute approximate surface area is 179 Å². The van der Waals surface area contributed by atoms with Gasteiger partial charge in [-0.1, -0.05) is 23.7 Å². The number of carbonyl (C=O) groups is 3. The number of nitrogens with one attached hydrogen (secondary N) is 2. The van der Waals surface area contributed by atoms with Crippen LogP contribution in [-0.2, 0) is 14.4 Å². The van der Waals surface area contributed by atoms with Crippen molar-refractivity contribution in [2.45, 2.75) is 26.8 Å². The number of halogens is 1. The summed E-state index contributed by atoms with van der Waals surface area (Å²) in [6.45, 7) is 4.97. The minimum absolute atomic E-state index is 0.169. The number of amides is 3. The van der Waals surface area contributed by atoms with Crippen LogP contribution in [0.15, 0.2) is 48.2 Å². The van der Waals surface area contributed by atoms with Crippen LogP contribution in [-0.4, -0.2) is 35.8 Å². The largest absolute Gasteiger partial charge is 0.495 e. The number of hydrogen-bond donors (Lipinski definition) is 2. The van der Waals surface area contributed by atoms with Crippen molar-refractivity contribution in [3.05, 3.63) is 58.7 Å². The molecule has 8 heteroatoms. The standard InChI is InChI=1S/C22H22ClN3O4/c1-12(2)26-21(28)19(14-5-7-15(8-6-14)24-13(3)27)20(22(26)29)25-16-9-10-18(30-4)17(23)11-16/h5-12,25H,1-4H3,(H,24,27). The second kappa shape index (κ2) is 8.59. The monoisotopic (exact) mass is 427 g/mol. The van der Waals surface area contributed by atoms with Crippen molar-refractivity contribution >= 4 is 46.3 Å². The summed E-state index contributed by atoms with van der Waals surface area (Å²) in [5, 5.41) is 6.11. The maximum Gasteiger partial charge on any atom is 0.278 e. The lowest BCUT2D eigenvalue weighted by molar-refractivity contribution is -0.138. The first-order chi connectivity index (χ1) is 14.2. The molecule has 2 N–H and O–H groups in total. The third kappa shape index (κ3) is 4.16. The molecule has 1 heterocycles. The average molecular weight is 428 g/mol. The first-order valence-corrected chi connectivity index (χ1v) is 9.71. The van der Waals surface area contributed by atoms with Crippen molar-refractivity contribution in [2.24, 2.45) is 0 Å². The topological polar surface area (TPSA) is 87.7 Å². The first-order valence-electron chi connectivity index (χ1n) is 9.33. The third-order valence-electron chi connectivity index (χ3n) is 4.55. The molecule has 1 aliphatic rings.